The van der Waals surface area contributed by atoms with E-state index < -0.39 is 0 Å². The highest BCUT2D eigenvalue weighted by Crippen LogP contribution is 2.27. The van der Waals surface area contributed by atoms with Gasteiger partial charge in [-0.1, -0.05) is 0 Å². The normalized spacial score (nSPS) is 19.1. The van der Waals surface area contributed by atoms with Crippen LogP contribution in [0.3, 0.4) is 0 Å². The van der Waals surface area contributed by atoms with Gasteiger partial charge in [-0.25, -0.2) is 19.5 Å². The van der Waals surface area contributed by atoms with Crippen LogP contribution in [0.5, 0.6) is 0 Å². The number of hydrogen-bond donors (Lipinski definition) is 1. The van der Waals surface area contributed by atoms with E-state index in [9.17, 15) is 0 Å². The molecule has 9 heteroatoms. The number of imidazole rings is 1. The van der Waals surface area contributed by atoms with Crippen LogP contribution in [0.15, 0.2) is 30.6 Å². The van der Waals surface area contributed by atoms with Crippen molar-refractivity contribution < 1.29 is 4.74 Å². The maximum atomic E-state index is 5.26. The van der Waals surface area contributed by atoms with E-state index in [-0.39, 0.29) is 0 Å². The van der Waals surface area contributed by atoms with E-state index in [1.165, 1.54) is 12.8 Å². The van der Waals surface area contributed by atoms with Crippen molar-refractivity contribution in [1.29, 1.82) is 0 Å². The molecular formula is C24H32N8O. The molecule has 0 amide bonds. The number of nitrogens with one attached hydrogen (secondary N) is 1. The number of anilines is 1. The Labute approximate surface area is 193 Å². The fraction of sp³-hybridized carbons (Fsp3) is 0.500. The topological polar surface area (TPSA) is 85.4 Å². The third-order valence-corrected chi connectivity index (χ3v) is 6.76. The Kier molecular flexibility index (Phi) is 5.99. The van der Waals surface area contributed by atoms with E-state index in [0.29, 0.717) is 24.6 Å². The van der Waals surface area contributed by atoms with E-state index in [1.807, 2.05) is 42.0 Å². The van der Waals surface area contributed by atoms with Gasteiger partial charge in [-0.2, -0.15) is 0 Å². The smallest absolute Gasteiger partial charge is 0.241 e. The molecule has 0 aromatic carbocycles. The van der Waals surface area contributed by atoms with Crippen molar-refractivity contribution in [1.82, 2.24) is 34.0 Å². The Balaban J connectivity index is 1.38. The minimum absolute atomic E-state index is 0.424. The third kappa shape index (κ3) is 4.30. The average Bonchev–Trinajstić information content (AvgIpc) is 3.37. The summed E-state index contributed by atoms with van der Waals surface area (Å²) in [6.45, 7) is 3.34. The van der Waals surface area contributed by atoms with Crippen LogP contribution in [0.1, 0.15) is 31.5 Å². The first-order valence-corrected chi connectivity index (χ1v) is 11.6. The lowest BCUT2D eigenvalue weighted by Gasteiger charge is -2.32. The molecule has 33 heavy (non-hydrogen) atoms. The number of aryl methyl sites for hydroxylation is 1. The molecule has 9 nitrogen and oxygen atoms in total. The summed E-state index contributed by atoms with van der Waals surface area (Å²) in [5.74, 6) is 1.61. The van der Waals surface area contributed by atoms with Crippen LogP contribution < -0.4 is 5.32 Å². The van der Waals surface area contributed by atoms with Crippen molar-refractivity contribution in [2.24, 2.45) is 0 Å². The molecule has 0 atom stereocenters. The molecule has 0 saturated heterocycles. The number of fused-ring (bicyclic) bond motifs is 2. The third-order valence-electron chi connectivity index (χ3n) is 6.76. The highest BCUT2D eigenvalue weighted by Gasteiger charge is 2.23. The molecule has 1 fully saturated rings. The number of hydrogen-bond acceptors (Lipinski definition) is 7. The summed E-state index contributed by atoms with van der Waals surface area (Å²) in [5, 5.41) is 8.25. The van der Waals surface area contributed by atoms with Gasteiger partial charge in [0.25, 0.3) is 0 Å². The summed E-state index contributed by atoms with van der Waals surface area (Å²) in [6.07, 6.45) is 8.54. The minimum Gasteiger partial charge on any atom is -0.383 e. The number of methoxy groups -OCH3 is 1. The largest absolute Gasteiger partial charge is 0.383 e. The van der Waals surface area contributed by atoms with Crippen molar-refractivity contribution in [3.05, 3.63) is 36.4 Å². The lowest BCUT2D eigenvalue weighted by Crippen LogP contribution is -2.36. The quantitative estimate of drug-likeness (QED) is 0.464. The SMILES string of the molecule is COCCn1c(C)nc2ccc(-c3ccn4nc(NC5CCC(N(C)C)CC5)ncc34)nc21. The predicted octanol–water partition coefficient (Wildman–Crippen LogP) is 3.38. The Morgan fingerprint density at radius 2 is 1.94 bits per heavy atom. The van der Waals surface area contributed by atoms with Gasteiger partial charge in [-0.15, -0.1) is 5.10 Å². The first kappa shape index (κ1) is 21.8. The van der Waals surface area contributed by atoms with E-state index in [0.717, 1.165) is 53.1 Å². The lowest BCUT2D eigenvalue weighted by atomic mass is 9.91. The Bertz CT molecular complexity index is 1250. The van der Waals surface area contributed by atoms with E-state index in [2.05, 4.69) is 38.8 Å². The molecule has 0 bridgehead atoms. The molecular weight excluding hydrogens is 416 g/mol. The van der Waals surface area contributed by atoms with Gasteiger partial charge in [0.2, 0.25) is 5.95 Å². The zero-order chi connectivity index (χ0) is 22.9. The molecule has 5 rings (SSSR count). The average molecular weight is 449 g/mol. The molecule has 1 saturated carbocycles. The molecule has 0 spiro atoms. The number of rotatable bonds is 7. The van der Waals surface area contributed by atoms with Crippen LogP contribution in [0.2, 0.25) is 0 Å². The highest BCUT2D eigenvalue weighted by molar-refractivity contribution is 5.82. The standard InChI is InChI=1S/C24H32N8O/c1-16-26-21-10-9-20(28-23(21)31(16)13-14-33-4)19-11-12-32-22(19)15-25-24(29-32)27-17-5-7-18(8-6-17)30(2)3/h9-12,15,17-18H,5-8,13-14H2,1-4H3,(H,27,29). The number of nitrogens with zero attached hydrogens (tertiary/aromatic N) is 7. The van der Waals surface area contributed by atoms with Gasteiger partial charge in [-0.05, 0) is 64.9 Å². The molecule has 4 aromatic heterocycles. The molecule has 1 aliphatic carbocycles. The second-order valence-electron chi connectivity index (χ2n) is 9.10. The Morgan fingerprint density at radius 1 is 1.12 bits per heavy atom. The van der Waals surface area contributed by atoms with Crippen LogP contribution in [0.4, 0.5) is 5.95 Å². The second-order valence-corrected chi connectivity index (χ2v) is 9.10. The molecule has 4 heterocycles. The van der Waals surface area contributed by atoms with Crippen LogP contribution in [-0.2, 0) is 11.3 Å². The van der Waals surface area contributed by atoms with Crippen molar-refractivity contribution >= 4 is 22.6 Å². The van der Waals surface area contributed by atoms with E-state index in [1.54, 1.807) is 7.11 Å². The minimum atomic E-state index is 0.424. The van der Waals surface area contributed by atoms with Crippen LogP contribution in [0, 0.1) is 6.92 Å². The molecule has 0 radical (unpaired) electrons. The summed E-state index contributed by atoms with van der Waals surface area (Å²) in [6, 6.07) is 7.19. The fourth-order valence-electron chi connectivity index (χ4n) is 4.82. The molecule has 0 unspecified atom stereocenters. The van der Waals surface area contributed by atoms with Crippen molar-refractivity contribution in [2.75, 3.05) is 33.1 Å². The summed E-state index contributed by atoms with van der Waals surface area (Å²) in [7, 11) is 6.04. The van der Waals surface area contributed by atoms with Gasteiger partial charge in [0.05, 0.1) is 24.0 Å². The maximum Gasteiger partial charge on any atom is 0.241 e. The molecule has 174 valence electrons. The number of ether oxygens (including phenoxy) is 1. The number of pyridine rings is 1. The first-order valence-electron chi connectivity index (χ1n) is 11.6. The summed E-state index contributed by atoms with van der Waals surface area (Å²) >= 11 is 0. The second kappa shape index (κ2) is 9.07. The summed E-state index contributed by atoms with van der Waals surface area (Å²) < 4.78 is 9.24. The maximum absolute atomic E-state index is 5.26. The van der Waals surface area contributed by atoms with Crippen LogP contribution >= 0.6 is 0 Å². The van der Waals surface area contributed by atoms with Crippen molar-refractivity contribution in [3.63, 3.8) is 0 Å². The zero-order valence-corrected chi connectivity index (χ0v) is 19.8. The van der Waals surface area contributed by atoms with Crippen molar-refractivity contribution in [2.45, 2.75) is 51.2 Å². The van der Waals surface area contributed by atoms with Gasteiger partial charge >= 0.3 is 0 Å². The van der Waals surface area contributed by atoms with Gasteiger partial charge in [0.15, 0.2) is 5.65 Å². The molecule has 4 aromatic rings. The van der Waals surface area contributed by atoms with Crippen molar-refractivity contribution in [3.8, 4) is 11.3 Å². The van der Waals surface area contributed by atoms with Gasteiger partial charge in [0, 0.05) is 37.5 Å². The van der Waals surface area contributed by atoms with Gasteiger partial charge in [-0.3, -0.25) is 0 Å². The highest BCUT2D eigenvalue weighted by atomic mass is 16.5. The molecule has 1 N–H and O–H groups in total. The predicted molar refractivity (Wildman–Crippen MR) is 129 cm³/mol. The van der Waals surface area contributed by atoms with Crippen LogP contribution in [0.25, 0.3) is 27.9 Å². The van der Waals surface area contributed by atoms with Crippen LogP contribution in [-0.4, -0.2) is 73.9 Å². The Hall–Kier alpha value is -3.04. The lowest BCUT2D eigenvalue weighted by molar-refractivity contribution is 0.187. The van der Waals surface area contributed by atoms with Gasteiger partial charge < -0.3 is 19.5 Å². The fourth-order valence-corrected chi connectivity index (χ4v) is 4.82. The monoisotopic (exact) mass is 448 g/mol. The van der Waals surface area contributed by atoms with E-state index in [4.69, 9.17) is 14.8 Å². The first-order chi connectivity index (χ1) is 16.0. The molecule has 0 aliphatic heterocycles. The Morgan fingerprint density at radius 3 is 2.70 bits per heavy atom. The number of aromatic nitrogens is 6. The van der Waals surface area contributed by atoms with Gasteiger partial charge in [0.1, 0.15) is 11.3 Å². The van der Waals surface area contributed by atoms with E-state index >= 15 is 0 Å². The molecule has 1 aliphatic rings. The zero-order valence-electron chi connectivity index (χ0n) is 19.8. The summed E-state index contributed by atoms with van der Waals surface area (Å²) in [4.78, 5) is 16.5. The summed E-state index contributed by atoms with van der Waals surface area (Å²) in [5.41, 5.74) is 4.59.